The number of pyridine rings is 1. The van der Waals surface area contributed by atoms with Crippen molar-refractivity contribution in [1.29, 1.82) is 0 Å². The molecule has 0 aliphatic carbocycles. The van der Waals surface area contributed by atoms with Gasteiger partial charge in [-0.2, -0.15) is 4.31 Å². The van der Waals surface area contributed by atoms with E-state index in [4.69, 9.17) is 5.73 Å². The predicted molar refractivity (Wildman–Crippen MR) is 77.2 cm³/mol. The molecule has 108 valence electrons. The maximum atomic E-state index is 12.3. The van der Waals surface area contributed by atoms with Crippen LogP contribution >= 0.6 is 0 Å². The molecule has 1 atom stereocenters. The lowest BCUT2D eigenvalue weighted by Gasteiger charge is -2.36. The minimum absolute atomic E-state index is 0.0517. The highest BCUT2D eigenvalue weighted by atomic mass is 32.2. The van der Waals surface area contributed by atoms with Crippen molar-refractivity contribution in [2.75, 3.05) is 19.3 Å². The van der Waals surface area contributed by atoms with E-state index in [0.717, 1.165) is 5.69 Å². The standard InChI is InChI=1S/C13H23N3O2S/c1-4-13(2,11-14)16(3)19(17,18)10-8-12-7-5-6-9-15-12/h5-7,9H,4,8,10-11,14H2,1-3H3. The van der Waals surface area contributed by atoms with Gasteiger partial charge in [0.05, 0.1) is 5.75 Å². The normalized spacial score (nSPS) is 15.4. The molecule has 5 nitrogen and oxygen atoms in total. The zero-order valence-corrected chi connectivity index (χ0v) is 12.7. The molecule has 1 aromatic rings. The summed E-state index contributed by atoms with van der Waals surface area (Å²) < 4.78 is 26.0. The second kappa shape index (κ2) is 6.45. The van der Waals surface area contributed by atoms with Crippen LogP contribution in [0.25, 0.3) is 0 Å². The average molecular weight is 285 g/mol. The summed E-state index contributed by atoms with van der Waals surface area (Å²) in [5, 5.41) is 0. The molecule has 0 saturated carbocycles. The molecule has 0 amide bonds. The molecule has 0 aliphatic heterocycles. The van der Waals surface area contributed by atoms with Crippen molar-refractivity contribution in [3.05, 3.63) is 30.1 Å². The van der Waals surface area contributed by atoms with Gasteiger partial charge in [-0.25, -0.2) is 8.42 Å². The third kappa shape index (κ3) is 3.99. The van der Waals surface area contributed by atoms with E-state index in [-0.39, 0.29) is 5.75 Å². The molecule has 19 heavy (non-hydrogen) atoms. The lowest BCUT2D eigenvalue weighted by atomic mass is 10.00. The predicted octanol–water partition coefficient (Wildman–Crippen LogP) is 1.01. The number of sulfonamides is 1. The van der Waals surface area contributed by atoms with Gasteiger partial charge in [-0.3, -0.25) is 4.98 Å². The first-order valence-electron chi connectivity index (χ1n) is 6.42. The highest BCUT2D eigenvalue weighted by Gasteiger charge is 2.33. The van der Waals surface area contributed by atoms with E-state index in [1.807, 2.05) is 32.0 Å². The Morgan fingerprint density at radius 1 is 1.42 bits per heavy atom. The first-order valence-corrected chi connectivity index (χ1v) is 8.03. The SMILES string of the molecule is CCC(C)(CN)N(C)S(=O)(=O)CCc1ccccn1. The molecule has 0 radical (unpaired) electrons. The summed E-state index contributed by atoms with van der Waals surface area (Å²) >= 11 is 0. The average Bonchev–Trinajstić information content (AvgIpc) is 2.44. The van der Waals surface area contributed by atoms with Gasteiger partial charge >= 0.3 is 0 Å². The quantitative estimate of drug-likeness (QED) is 0.811. The maximum absolute atomic E-state index is 12.3. The molecule has 0 aromatic carbocycles. The van der Waals surface area contributed by atoms with Crippen LogP contribution in [0.2, 0.25) is 0 Å². The fraction of sp³-hybridized carbons (Fsp3) is 0.615. The Balaban J connectivity index is 2.76. The second-order valence-electron chi connectivity index (χ2n) is 4.91. The Morgan fingerprint density at radius 3 is 2.58 bits per heavy atom. The summed E-state index contributed by atoms with van der Waals surface area (Å²) in [5.74, 6) is 0.0517. The van der Waals surface area contributed by atoms with E-state index in [2.05, 4.69) is 4.98 Å². The number of likely N-dealkylation sites (N-methyl/N-ethyl adjacent to an activating group) is 1. The van der Waals surface area contributed by atoms with Gasteiger partial charge in [-0.1, -0.05) is 13.0 Å². The largest absolute Gasteiger partial charge is 0.329 e. The van der Waals surface area contributed by atoms with Crippen LogP contribution in [0.5, 0.6) is 0 Å². The molecule has 0 fully saturated rings. The summed E-state index contributed by atoms with van der Waals surface area (Å²) in [6.45, 7) is 4.12. The summed E-state index contributed by atoms with van der Waals surface area (Å²) in [4.78, 5) is 4.14. The van der Waals surface area contributed by atoms with Gasteiger partial charge in [0.15, 0.2) is 0 Å². The second-order valence-corrected chi connectivity index (χ2v) is 7.03. The highest BCUT2D eigenvalue weighted by Crippen LogP contribution is 2.20. The Hall–Kier alpha value is -0.980. The third-order valence-electron chi connectivity index (χ3n) is 3.72. The van der Waals surface area contributed by atoms with Crippen molar-refractivity contribution in [3.8, 4) is 0 Å². The van der Waals surface area contributed by atoms with Gasteiger partial charge in [0.25, 0.3) is 0 Å². The molecular weight excluding hydrogens is 262 g/mol. The summed E-state index contributed by atoms with van der Waals surface area (Å²) in [6, 6.07) is 5.50. The number of nitrogens with zero attached hydrogens (tertiary/aromatic N) is 2. The number of aromatic nitrogens is 1. The highest BCUT2D eigenvalue weighted by molar-refractivity contribution is 7.89. The van der Waals surface area contributed by atoms with Crippen LogP contribution in [0.4, 0.5) is 0 Å². The van der Waals surface area contributed by atoms with Crippen LogP contribution in [0, 0.1) is 0 Å². The molecule has 1 rings (SSSR count). The summed E-state index contributed by atoms with van der Waals surface area (Å²) in [6.07, 6.45) is 2.77. The van der Waals surface area contributed by atoms with Crippen LogP contribution in [0.3, 0.4) is 0 Å². The molecule has 0 aliphatic rings. The zero-order valence-electron chi connectivity index (χ0n) is 11.8. The zero-order chi connectivity index (χ0) is 14.5. The Labute approximate surface area is 115 Å². The van der Waals surface area contributed by atoms with E-state index in [1.54, 1.807) is 13.2 Å². The number of rotatable bonds is 7. The van der Waals surface area contributed by atoms with Crippen molar-refractivity contribution in [2.45, 2.75) is 32.2 Å². The monoisotopic (exact) mass is 285 g/mol. The van der Waals surface area contributed by atoms with Gasteiger partial charge < -0.3 is 5.73 Å². The topological polar surface area (TPSA) is 76.3 Å². The molecule has 1 aromatic heterocycles. The van der Waals surface area contributed by atoms with Crippen molar-refractivity contribution in [1.82, 2.24) is 9.29 Å². The minimum atomic E-state index is -3.33. The molecule has 6 heteroatoms. The van der Waals surface area contributed by atoms with Crippen LogP contribution in [-0.2, 0) is 16.4 Å². The van der Waals surface area contributed by atoms with E-state index >= 15 is 0 Å². The number of nitrogens with two attached hydrogens (primary N) is 1. The smallest absolute Gasteiger partial charge is 0.214 e. The van der Waals surface area contributed by atoms with Gasteiger partial charge in [0.1, 0.15) is 0 Å². The minimum Gasteiger partial charge on any atom is -0.329 e. The van der Waals surface area contributed by atoms with Crippen LogP contribution in [-0.4, -0.2) is 42.6 Å². The lowest BCUT2D eigenvalue weighted by molar-refractivity contribution is 0.240. The Morgan fingerprint density at radius 2 is 2.11 bits per heavy atom. The van der Waals surface area contributed by atoms with Gasteiger partial charge in [0.2, 0.25) is 10.0 Å². The molecule has 0 bridgehead atoms. The van der Waals surface area contributed by atoms with Gasteiger partial charge in [0, 0.05) is 37.4 Å². The van der Waals surface area contributed by atoms with Gasteiger partial charge in [-0.15, -0.1) is 0 Å². The van der Waals surface area contributed by atoms with E-state index < -0.39 is 15.6 Å². The lowest BCUT2D eigenvalue weighted by Crippen LogP contribution is -2.52. The van der Waals surface area contributed by atoms with Crippen LogP contribution in [0.15, 0.2) is 24.4 Å². The summed E-state index contributed by atoms with van der Waals surface area (Å²) in [7, 11) is -1.73. The molecule has 2 N–H and O–H groups in total. The molecule has 1 unspecified atom stereocenters. The number of aryl methyl sites for hydroxylation is 1. The summed E-state index contributed by atoms with van der Waals surface area (Å²) in [5.41, 5.74) is 5.96. The van der Waals surface area contributed by atoms with Crippen molar-refractivity contribution < 1.29 is 8.42 Å². The molecule has 0 spiro atoms. The van der Waals surface area contributed by atoms with Crippen molar-refractivity contribution >= 4 is 10.0 Å². The molecule has 1 heterocycles. The Bertz CT molecular complexity index is 484. The van der Waals surface area contributed by atoms with E-state index in [9.17, 15) is 8.42 Å². The maximum Gasteiger partial charge on any atom is 0.214 e. The van der Waals surface area contributed by atoms with Crippen LogP contribution in [0.1, 0.15) is 26.0 Å². The first kappa shape index (κ1) is 16.1. The number of hydrogen-bond acceptors (Lipinski definition) is 4. The van der Waals surface area contributed by atoms with Crippen LogP contribution < -0.4 is 5.73 Å². The fourth-order valence-corrected chi connectivity index (χ4v) is 3.36. The number of hydrogen-bond donors (Lipinski definition) is 1. The van der Waals surface area contributed by atoms with Crippen molar-refractivity contribution in [3.63, 3.8) is 0 Å². The fourth-order valence-electron chi connectivity index (χ4n) is 1.75. The van der Waals surface area contributed by atoms with E-state index in [1.165, 1.54) is 4.31 Å². The molecular formula is C13H23N3O2S. The third-order valence-corrected chi connectivity index (χ3v) is 5.72. The Kier molecular flexibility index (Phi) is 5.46. The van der Waals surface area contributed by atoms with Gasteiger partial charge in [-0.05, 0) is 25.5 Å². The van der Waals surface area contributed by atoms with E-state index in [0.29, 0.717) is 19.4 Å². The van der Waals surface area contributed by atoms with Crippen molar-refractivity contribution in [2.24, 2.45) is 5.73 Å². The molecule has 0 saturated heterocycles. The first-order chi connectivity index (χ1) is 8.85.